The molecule has 1 atom stereocenters. The van der Waals surface area contributed by atoms with Gasteiger partial charge in [0, 0.05) is 5.75 Å². The molecule has 0 aliphatic heterocycles. The van der Waals surface area contributed by atoms with Crippen molar-refractivity contribution in [3.05, 3.63) is 0 Å². The molecule has 11 heavy (non-hydrogen) atoms. The molecule has 0 bridgehead atoms. The molecule has 0 radical (unpaired) electrons. The number of carbonyl (C=O) groups is 1. The summed E-state index contributed by atoms with van der Waals surface area (Å²) in [5.74, 6) is -0.0593. The lowest BCUT2D eigenvalue weighted by Crippen LogP contribution is -2.35. The Bertz CT molecular complexity index is 121. The Morgan fingerprint density at radius 2 is 2.09 bits per heavy atom. The highest BCUT2D eigenvalue weighted by molar-refractivity contribution is 7.80. The third-order valence-corrected chi connectivity index (χ3v) is 1.24. The van der Waals surface area contributed by atoms with Gasteiger partial charge in [-0.3, -0.25) is 4.79 Å². The van der Waals surface area contributed by atoms with Crippen molar-refractivity contribution in [1.29, 1.82) is 0 Å². The zero-order valence-electron chi connectivity index (χ0n) is 6.61. The lowest BCUT2D eigenvalue weighted by atomic mass is 10.3. The summed E-state index contributed by atoms with van der Waals surface area (Å²) in [6.07, 6.45) is -0.0987. The van der Waals surface area contributed by atoms with Crippen molar-refractivity contribution in [2.24, 2.45) is 5.73 Å². The van der Waals surface area contributed by atoms with E-state index in [9.17, 15) is 4.79 Å². The predicted octanol–water partition coefficient (Wildman–Crippen LogP) is 0.617. The lowest BCUT2D eigenvalue weighted by molar-refractivity contribution is -0.148. The molecule has 5 heteroatoms. The number of ether oxygens (including phenoxy) is 1. The van der Waals surface area contributed by atoms with E-state index in [-0.39, 0.29) is 24.5 Å². The fraction of sp³-hybridized carbons (Fsp3) is 0.833. The molecule has 68 valence electrons. The molecule has 0 aliphatic rings. The van der Waals surface area contributed by atoms with E-state index in [1.807, 2.05) is 0 Å². The summed E-state index contributed by atoms with van der Waals surface area (Å²) in [5, 5.41) is 0. The normalized spacial score (nSPS) is 12.1. The number of esters is 1. The summed E-state index contributed by atoms with van der Waals surface area (Å²) in [6, 6.07) is -0.592. The summed E-state index contributed by atoms with van der Waals surface area (Å²) >= 11 is 3.85. The van der Waals surface area contributed by atoms with E-state index < -0.39 is 6.04 Å². The minimum Gasteiger partial charge on any atom is -0.462 e. The smallest absolute Gasteiger partial charge is 0.324 e. The standard InChI is InChI=1S/C6H13NO2S.ClH/c1-4(2)9-6(8)5(7)3-10;/h4-5,10H,3,7H2,1-2H3;1H. The van der Waals surface area contributed by atoms with E-state index in [2.05, 4.69) is 12.6 Å². The van der Waals surface area contributed by atoms with Crippen molar-refractivity contribution in [3.63, 3.8) is 0 Å². The molecule has 0 rings (SSSR count). The largest absolute Gasteiger partial charge is 0.462 e. The van der Waals surface area contributed by atoms with Gasteiger partial charge in [0.2, 0.25) is 0 Å². The van der Waals surface area contributed by atoms with Crippen LogP contribution in [0.2, 0.25) is 0 Å². The molecule has 2 N–H and O–H groups in total. The van der Waals surface area contributed by atoms with Gasteiger partial charge in [0.15, 0.2) is 0 Å². The van der Waals surface area contributed by atoms with Crippen molar-refractivity contribution in [1.82, 2.24) is 0 Å². The number of carbonyl (C=O) groups excluding carboxylic acids is 1. The second-order valence-corrected chi connectivity index (χ2v) is 2.64. The zero-order chi connectivity index (χ0) is 8.15. The summed E-state index contributed by atoms with van der Waals surface area (Å²) < 4.78 is 4.79. The van der Waals surface area contributed by atoms with Gasteiger partial charge in [-0.1, -0.05) is 0 Å². The van der Waals surface area contributed by atoms with Crippen molar-refractivity contribution in [2.75, 3.05) is 5.75 Å². The first-order valence-electron chi connectivity index (χ1n) is 3.15. The van der Waals surface area contributed by atoms with Gasteiger partial charge in [0.05, 0.1) is 6.10 Å². The van der Waals surface area contributed by atoms with Gasteiger partial charge in [-0.15, -0.1) is 12.4 Å². The van der Waals surface area contributed by atoms with E-state index in [0.29, 0.717) is 5.75 Å². The Kier molecular flexibility index (Phi) is 8.39. The van der Waals surface area contributed by atoms with Crippen molar-refractivity contribution in [3.8, 4) is 0 Å². The maximum absolute atomic E-state index is 10.8. The van der Waals surface area contributed by atoms with Crippen LogP contribution in [0.3, 0.4) is 0 Å². The Morgan fingerprint density at radius 3 is 2.36 bits per heavy atom. The molecule has 0 spiro atoms. The molecule has 0 saturated carbocycles. The first-order valence-corrected chi connectivity index (χ1v) is 3.78. The predicted molar refractivity (Wildman–Crippen MR) is 50.3 cm³/mol. The van der Waals surface area contributed by atoms with Gasteiger partial charge in [-0.05, 0) is 13.8 Å². The highest BCUT2D eigenvalue weighted by atomic mass is 35.5. The Hall–Kier alpha value is 0.0700. The lowest BCUT2D eigenvalue weighted by Gasteiger charge is -2.10. The van der Waals surface area contributed by atoms with Gasteiger partial charge in [0.1, 0.15) is 6.04 Å². The van der Waals surface area contributed by atoms with Crippen LogP contribution in [0.4, 0.5) is 0 Å². The van der Waals surface area contributed by atoms with Crippen LogP contribution in [-0.2, 0) is 9.53 Å². The van der Waals surface area contributed by atoms with Gasteiger partial charge >= 0.3 is 5.97 Å². The second kappa shape index (κ2) is 6.76. The van der Waals surface area contributed by atoms with Gasteiger partial charge < -0.3 is 10.5 Å². The van der Waals surface area contributed by atoms with Crippen molar-refractivity contribution in [2.45, 2.75) is 26.0 Å². The first kappa shape index (κ1) is 13.6. The average molecular weight is 200 g/mol. The summed E-state index contributed by atoms with van der Waals surface area (Å²) in [5.41, 5.74) is 5.31. The minimum absolute atomic E-state index is 0. The Labute approximate surface area is 78.5 Å². The number of hydrogen-bond acceptors (Lipinski definition) is 4. The van der Waals surface area contributed by atoms with E-state index >= 15 is 0 Å². The molecule has 0 fully saturated rings. The van der Waals surface area contributed by atoms with E-state index in [4.69, 9.17) is 10.5 Å². The van der Waals surface area contributed by atoms with Gasteiger partial charge in [0.25, 0.3) is 0 Å². The molecule has 0 aromatic rings. The van der Waals surface area contributed by atoms with Gasteiger partial charge in [-0.25, -0.2) is 0 Å². The van der Waals surface area contributed by atoms with Crippen LogP contribution in [0, 0.1) is 0 Å². The SMILES string of the molecule is CC(C)OC(=O)C(N)CS.Cl. The Balaban J connectivity index is 0. The number of nitrogens with two attached hydrogens (primary N) is 1. The van der Waals surface area contributed by atoms with Crippen molar-refractivity contribution < 1.29 is 9.53 Å². The molecule has 0 aromatic heterocycles. The highest BCUT2D eigenvalue weighted by Gasteiger charge is 2.13. The van der Waals surface area contributed by atoms with E-state index in [0.717, 1.165) is 0 Å². The zero-order valence-corrected chi connectivity index (χ0v) is 8.32. The van der Waals surface area contributed by atoms with Crippen LogP contribution in [0.15, 0.2) is 0 Å². The summed E-state index contributed by atoms with van der Waals surface area (Å²) in [4.78, 5) is 10.8. The maximum atomic E-state index is 10.8. The monoisotopic (exact) mass is 199 g/mol. The number of hydrogen-bond donors (Lipinski definition) is 2. The molecule has 0 amide bonds. The molecular weight excluding hydrogens is 186 g/mol. The van der Waals surface area contributed by atoms with Crippen LogP contribution in [0.5, 0.6) is 0 Å². The van der Waals surface area contributed by atoms with Crippen LogP contribution >= 0.6 is 25.0 Å². The van der Waals surface area contributed by atoms with Crippen LogP contribution in [0.1, 0.15) is 13.8 Å². The number of rotatable bonds is 3. The average Bonchev–Trinajstić information content (AvgIpc) is 1.85. The van der Waals surface area contributed by atoms with E-state index in [1.54, 1.807) is 13.8 Å². The quantitative estimate of drug-likeness (QED) is 0.518. The molecule has 0 aliphatic carbocycles. The summed E-state index contributed by atoms with van der Waals surface area (Å²) in [6.45, 7) is 3.56. The van der Waals surface area contributed by atoms with Crippen LogP contribution < -0.4 is 5.73 Å². The maximum Gasteiger partial charge on any atom is 0.324 e. The molecule has 3 nitrogen and oxygen atoms in total. The highest BCUT2D eigenvalue weighted by Crippen LogP contribution is 1.93. The summed E-state index contributed by atoms with van der Waals surface area (Å²) in [7, 11) is 0. The minimum atomic E-state index is -0.592. The molecule has 1 unspecified atom stereocenters. The van der Waals surface area contributed by atoms with Crippen LogP contribution in [0.25, 0.3) is 0 Å². The fourth-order valence-electron chi connectivity index (χ4n) is 0.394. The first-order chi connectivity index (χ1) is 4.57. The topological polar surface area (TPSA) is 52.3 Å². The Morgan fingerprint density at radius 1 is 1.64 bits per heavy atom. The van der Waals surface area contributed by atoms with E-state index in [1.165, 1.54) is 0 Å². The second-order valence-electron chi connectivity index (χ2n) is 2.27. The molecule has 0 aromatic carbocycles. The molecular formula is C6H14ClNO2S. The molecule has 0 heterocycles. The molecule has 0 saturated heterocycles. The number of thiol groups is 1. The fourth-order valence-corrected chi connectivity index (χ4v) is 0.543. The van der Waals surface area contributed by atoms with Crippen LogP contribution in [-0.4, -0.2) is 23.9 Å². The van der Waals surface area contributed by atoms with Crippen molar-refractivity contribution >= 4 is 31.0 Å². The third kappa shape index (κ3) is 6.47. The third-order valence-electron chi connectivity index (χ3n) is 0.851. The number of halogens is 1. The van der Waals surface area contributed by atoms with Gasteiger partial charge in [-0.2, -0.15) is 12.6 Å².